The molecule has 1 N–H and O–H groups in total. The minimum Gasteiger partial charge on any atom is -0.493 e. The first-order valence-electron chi connectivity index (χ1n) is 15.6. The highest BCUT2D eigenvalue weighted by Crippen LogP contribution is 2.41. The molecule has 0 spiro atoms. The van der Waals surface area contributed by atoms with Crippen LogP contribution in [0, 0.1) is 5.92 Å². The number of aliphatic carboxylic acids is 1. The number of carbonyl (C=O) groups is 4. The van der Waals surface area contributed by atoms with Crippen LogP contribution in [0.2, 0.25) is 0 Å². The number of ether oxygens (including phenoxy) is 1. The predicted molar refractivity (Wildman–Crippen MR) is 159 cm³/mol. The van der Waals surface area contributed by atoms with Gasteiger partial charge in [-0.2, -0.15) is 0 Å². The first-order chi connectivity index (χ1) is 20.0. The molecule has 10 heteroatoms. The van der Waals surface area contributed by atoms with E-state index in [4.69, 9.17) is 4.74 Å². The average molecular weight is 586 g/mol. The van der Waals surface area contributed by atoms with Gasteiger partial charge in [0.15, 0.2) is 0 Å². The van der Waals surface area contributed by atoms with Crippen LogP contribution in [0.5, 0.6) is 5.75 Å². The first-order valence-corrected chi connectivity index (χ1v) is 15.6. The van der Waals surface area contributed by atoms with Crippen LogP contribution in [0.25, 0.3) is 0 Å². The molecule has 1 aromatic rings. The maximum atomic E-state index is 13.8. The lowest BCUT2D eigenvalue weighted by atomic mass is 9.83. The number of carboxylic acids is 1. The minimum absolute atomic E-state index is 0.0131. The number of rotatable bonds is 15. The fourth-order valence-electron chi connectivity index (χ4n) is 6.63. The molecule has 3 aliphatic rings. The van der Waals surface area contributed by atoms with Gasteiger partial charge in [0, 0.05) is 57.4 Å². The Morgan fingerprint density at radius 2 is 1.76 bits per heavy atom. The molecule has 1 aromatic carbocycles. The molecule has 0 aromatic heterocycles. The number of unbranched alkanes of at least 4 members (excludes halogenated alkanes) is 2. The number of quaternary nitrogens is 1. The van der Waals surface area contributed by atoms with E-state index in [9.17, 15) is 24.3 Å². The van der Waals surface area contributed by atoms with Crippen molar-refractivity contribution in [1.82, 2.24) is 14.7 Å². The molecule has 3 heterocycles. The molecule has 232 valence electrons. The summed E-state index contributed by atoms with van der Waals surface area (Å²) in [6.45, 7) is 5.86. The van der Waals surface area contributed by atoms with Crippen molar-refractivity contribution in [2.45, 2.75) is 70.3 Å². The Bertz CT molecular complexity index is 1130. The van der Waals surface area contributed by atoms with E-state index in [1.807, 2.05) is 21.9 Å². The zero-order valence-electron chi connectivity index (χ0n) is 25.8. The maximum absolute atomic E-state index is 13.8. The number of benzene rings is 1. The van der Waals surface area contributed by atoms with E-state index >= 15 is 0 Å². The summed E-state index contributed by atoms with van der Waals surface area (Å²) in [5, 5.41) is 10.5. The number of hydrogen-bond donors (Lipinski definition) is 1. The van der Waals surface area contributed by atoms with Gasteiger partial charge in [-0.3, -0.25) is 29.0 Å². The van der Waals surface area contributed by atoms with E-state index in [1.165, 1.54) is 4.90 Å². The molecule has 4 rings (SSSR count). The van der Waals surface area contributed by atoms with Crippen molar-refractivity contribution in [3.8, 4) is 5.75 Å². The molecule has 3 aliphatic heterocycles. The Morgan fingerprint density at radius 3 is 2.43 bits per heavy atom. The number of fused-ring (bicyclic) bond motifs is 1. The molecule has 0 bridgehead atoms. The van der Waals surface area contributed by atoms with Gasteiger partial charge in [-0.1, -0.05) is 25.5 Å². The number of amides is 3. The number of imide groups is 1. The number of hydrogen-bond acceptors (Lipinski definition) is 6. The van der Waals surface area contributed by atoms with E-state index in [1.54, 1.807) is 0 Å². The predicted octanol–water partition coefficient (Wildman–Crippen LogP) is 2.74. The van der Waals surface area contributed by atoms with E-state index in [0.717, 1.165) is 60.0 Å². The lowest BCUT2D eigenvalue weighted by molar-refractivity contribution is -0.870. The smallest absolute Gasteiger partial charge is 0.308 e. The van der Waals surface area contributed by atoms with Gasteiger partial charge < -0.3 is 19.2 Å². The number of likely N-dealkylation sites (tertiary alicyclic amines) is 2. The zero-order chi connectivity index (χ0) is 30.4. The van der Waals surface area contributed by atoms with Crippen molar-refractivity contribution in [3.05, 3.63) is 29.3 Å². The summed E-state index contributed by atoms with van der Waals surface area (Å²) in [5.41, 5.74) is 2.01. The Hall–Kier alpha value is -2.98. The summed E-state index contributed by atoms with van der Waals surface area (Å²) < 4.78 is 6.55. The van der Waals surface area contributed by atoms with Crippen molar-refractivity contribution >= 4 is 23.7 Å². The number of carboxylic acid groups (broad SMARTS) is 1. The molecule has 3 unspecified atom stereocenters. The minimum atomic E-state index is -0.918. The van der Waals surface area contributed by atoms with Gasteiger partial charge >= 0.3 is 5.97 Å². The van der Waals surface area contributed by atoms with Gasteiger partial charge in [0.05, 0.1) is 46.8 Å². The second kappa shape index (κ2) is 14.0. The highest BCUT2D eigenvalue weighted by atomic mass is 16.5. The maximum Gasteiger partial charge on any atom is 0.308 e. The molecule has 2 saturated heterocycles. The van der Waals surface area contributed by atoms with E-state index < -0.39 is 17.9 Å². The van der Waals surface area contributed by atoms with Crippen LogP contribution in [0.1, 0.15) is 68.9 Å². The molecular weight excluding hydrogens is 536 g/mol. The van der Waals surface area contributed by atoms with Gasteiger partial charge in [-0.15, -0.1) is 0 Å². The Labute approximate surface area is 250 Å². The highest BCUT2D eigenvalue weighted by molar-refractivity contribution is 6.01. The molecule has 0 radical (unpaired) electrons. The van der Waals surface area contributed by atoms with Gasteiger partial charge in [-0.25, -0.2) is 0 Å². The third kappa shape index (κ3) is 7.89. The molecule has 10 nitrogen and oxygen atoms in total. The van der Waals surface area contributed by atoms with Crippen LogP contribution in [0.15, 0.2) is 18.2 Å². The lowest BCUT2D eigenvalue weighted by Gasteiger charge is -2.31. The highest BCUT2D eigenvalue weighted by Gasteiger charge is 2.47. The quantitative estimate of drug-likeness (QED) is 0.192. The molecule has 3 amide bonds. The Morgan fingerprint density at radius 1 is 1.05 bits per heavy atom. The van der Waals surface area contributed by atoms with Crippen molar-refractivity contribution in [3.63, 3.8) is 0 Å². The molecule has 3 atom stereocenters. The standard InChI is InChI=1S/C32H48N4O6/c1-5-6-15-33(16-7-8-18-36(2,3)4)30(39)22-34-21-25(23-9-10-27-24(20-23)14-19-42-27)31(32(40)41)26(34)13-17-35-28(37)11-12-29(35)38/h9-10,20,25-26,31H,5-8,11-19,21-22H2,1-4H3/p+1. The van der Waals surface area contributed by atoms with Crippen LogP contribution in [-0.2, 0) is 25.6 Å². The fourth-order valence-corrected chi connectivity index (χ4v) is 6.63. The lowest BCUT2D eigenvalue weighted by Crippen LogP contribution is -2.46. The van der Waals surface area contributed by atoms with E-state index in [2.05, 4.69) is 34.1 Å². The zero-order valence-corrected chi connectivity index (χ0v) is 25.8. The van der Waals surface area contributed by atoms with Crippen LogP contribution < -0.4 is 4.74 Å². The number of nitrogens with zero attached hydrogens (tertiary/aromatic N) is 4. The SMILES string of the molecule is CCCCN(CCCC[N+](C)(C)C)C(=O)CN1CC(c2ccc3c(c2)CCO3)C(C(=O)O)C1CCN1C(=O)CCC1=O. The first kappa shape index (κ1) is 31.9. The normalized spacial score (nSPS) is 22.5. The van der Waals surface area contributed by atoms with Crippen LogP contribution in [-0.4, -0.2) is 121 Å². The third-order valence-corrected chi connectivity index (χ3v) is 8.96. The van der Waals surface area contributed by atoms with Crippen molar-refractivity contribution < 1.29 is 33.5 Å². The summed E-state index contributed by atoms with van der Waals surface area (Å²) in [6.07, 6.45) is 5.37. The fraction of sp³-hybridized carbons (Fsp3) is 0.688. The molecule has 0 aliphatic carbocycles. The van der Waals surface area contributed by atoms with Crippen molar-refractivity contribution in [2.24, 2.45) is 5.92 Å². The molecular formula is C32H49N4O6+. The second-order valence-electron chi connectivity index (χ2n) is 13.1. The van der Waals surface area contributed by atoms with Gasteiger partial charge in [0.25, 0.3) is 0 Å². The summed E-state index contributed by atoms with van der Waals surface area (Å²) in [4.78, 5) is 56.5. The van der Waals surface area contributed by atoms with Gasteiger partial charge in [0.1, 0.15) is 5.75 Å². The topological polar surface area (TPSA) is 107 Å². The summed E-state index contributed by atoms with van der Waals surface area (Å²) >= 11 is 0. The third-order valence-electron chi connectivity index (χ3n) is 8.96. The molecule has 0 saturated carbocycles. The summed E-state index contributed by atoms with van der Waals surface area (Å²) in [7, 11) is 6.50. The monoisotopic (exact) mass is 585 g/mol. The Kier molecular flexibility index (Phi) is 10.6. The van der Waals surface area contributed by atoms with Gasteiger partial charge in [0.2, 0.25) is 17.7 Å². The number of carbonyl (C=O) groups excluding carboxylic acids is 3. The second-order valence-corrected chi connectivity index (χ2v) is 13.1. The van der Waals surface area contributed by atoms with Gasteiger partial charge in [-0.05, 0) is 42.9 Å². The molecule has 42 heavy (non-hydrogen) atoms. The van der Waals surface area contributed by atoms with E-state index in [-0.39, 0.29) is 49.6 Å². The van der Waals surface area contributed by atoms with Crippen molar-refractivity contribution in [1.29, 1.82) is 0 Å². The molecule has 2 fully saturated rings. The average Bonchev–Trinajstić information content (AvgIpc) is 3.63. The summed E-state index contributed by atoms with van der Waals surface area (Å²) in [5.74, 6) is -1.55. The largest absolute Gasteiger partial charge is 0.493 e. The van der Waals surface area contributed by atoms with E-state index in [0.29, 0.717) is 32.7 Å². The Balaban J connectivity index is 1.54. The van der Waals surface area contributed by atoms with Crippen LogP contribution >= 0.6 is 0 Å². The van der Waals surface area contributed by atoms with Crippen LogP contribution in [0.3, 0.4) is 0 Å². The van der Waals surface area contributed by atoms with Crippen molar-refractivity contribution in [2.75, 3.05) is 67.0 Å². The van der Waals surface area contributed by atoms with Crippen LogP contribution in [0.4, 0.5) is 0 Å². The summed E-state index contributed by atoms with van der Waals surface area (Å²) in [6, 6.07) is 5.44.